The van der Waals surface area contributed by atoms with Crippen molar-refractivity contribution in [3.63, 3.8) is 0 Å². The van der Waals surface area contributed by atoms with Gasteiger partial charge >= 0.3 is 30.1 Å². The number of nitrogens with one attached hydrogen (secondary N) is 3. The molecule has 0 aliphatic rings. The molecule has 2 aromatic carbocycles. The number of nitriles is 1. The summed E-state index contributed by atoms with van der Waals surface area (Å²) in [6, 6.07) is 18.1. The lowest BCUT2D eigenvalue weighted by atomic mass is 10.1. The number of carbonyl (C=O) groups excluding carboxylic acids is 5. The average molecular weight is 727 g/mol. The van der Waals surface area contributed by atoms with Gasteiger partial charge in [0, 0.05) is 19.4 Å². The number of nitrogens with zero attached hydrogens (tertiary/aromatic N) is 1. The number of carboxylic acids is 1. The van der Waals surface area contributed by atoms with Gasteiger partial charge in [0.05, 0.1) is 12.5 Å². The summed E-state index contributed by atoms with van der Waals surface area (Å²) in [6.45, 7) is 10.5. The second kappa shape index (κ2) is 22.9. The molecule has 0 bridgehead atoms. The maximum absolute atomic E-state index is 12.3. The highest BCUT2D eigenvalue weighted by atomic mass is 16.6. The number of hydrogen-bond donors (Lipinski definition) is 4. The first-order valence-corrected chi connectivity index (χ1v) is 16.6. The van der Waals surface area contributed by atoms with Gasteiger partial charge in [-0.1, -0.05) is 60.7 Å². The van der Waals surface area contributed by atoms with Crippen LogP contribution in [0, 0.1) is 11.3 Å². The third-order valence-corrected chi connectivity index (χ3v) is 6.29. The molecule has 15 nitrogen and oxygen atoms in total. The van der Waals surface area contributed by atoms with Crippen LogP contribution in [0.3, 0.4) is 0 Å². The highest BCUT2D eigenvalue weighted by Crippen LogP contribution is 2.11. The van der Waals surface area contributed by atoms with E-state index in [1.807, 2.05) is 66.7 Å². The Hall–Kier alpha value is -5.65. The van der Waals surface area contributed by atoms with Crippen LogP contribution in [-0.2, 0) is 51.3 Å². The standard InChI is InChI=1S/C20H27N3O5.C17H23NO6/c1-20(2,3)28-19(26)23-16(18(25)22-13-7-12-21)10-11-17(24)27-14-15-8-5-4-6-9-15;1-17(2,3)24-16(22)18-13(15(20)21)9-10-14(19)23-11-12-7-5-4-6-8-12/h4-6,8-9,16H,7,10-11,13-14H2,1-3H3,(H,22,25)(H,23,26);4-8,13H,9-11H2,1-3H3,(H,18,22)(H,20,21)/t16-;13-/m00/s1. The molecular weight excluding hydrogens is 676 g/mol. The summed E-state index contributed by atoms with van der Waals surface area (Å²) in [5, 5.41) is 24.9. The molecule has 0 saturated heterocycles. The van der Waals surface area contributed by atoms with Gasteiger partial charge in [-0.05, 0) is 65.5 Å². The summed E-state index contributed by atoms with van der Waals surface area (Å²) in [5.74, 6) is -2.74. The molecule has 2 atom stereocenters. The largest absolute Gasteiger partial charge is 0.480 e. The normalized spacial score (nSPS) is 11.9. The number of amides is 3. The number of alkyl carbamates (subject to hydrolysis) is 2. The van der Waals surface area contributed by atoms with Crippen LogP contribution in [-0.4, -0.2) is 70.9 Å². The molecule has 15 heteroatoms. The Morgan fingerprint density at radius 3 is 1.48 bits per heavy atom. The first-order chi connectivity index (χ1) is 24.4. The van der Waals surface area contributed by atoms with Gasteiger partial charge < -0.3 is 40.0 Å². The van der Waals surface area contributed by atoms with Crippen molar-refractivity contribution < 1.29 is 52.8 Å². The van der Waals surface area contributed by atoms with Crippen LogP contribution < -0.4 is 16.0 Å². The second-order valence-corrected chi connectivity index (χ2v) is 13.3. The van der Waals surface area contributed by atoms with Gasteiger partial charge in [0.2, 0.25) is 5.91 Å². The molecule has 0 aromatic heterocycles. The fraction of sp³-hybridized carbons (Fsp3) is 0.486. The van der Waals surface area contributed by atoms with E-state index in [0.717, 1.165) is 11.1 Å². The van der Waals surface area contributed by atoms with Gasteiger partial charge in [-0.3, -0.25) is 14.4 Å². The molecule has 0 heterocycles. The molecule has 284 valence electrons. The number of ether oxygens (including phenoxy) is 4. The van der Waals surface area contributed by atoms with Crippen LogP contribution in [0.4, 0.5) is 9.59 Å². The van der Waals surface area contributed by atoms with E-state index in [4.69, 9.17) is 29.3 Å². The molecular formula is C37H50N4O11. The summed E-state index contributed by atoms with van der Waals surface area (Å²) in [5.41, 5.74) is 0.239. The Morgan fingerprint density at radius 2 is 1.10 bits per heavy atom. The van der Waals surface area contributed by atoms with Crippen molar-refractivity contribution >= 4 is 36.0 Å². The predicted molar refractivity (Wildman–Crippen MR) is 188 cm³/mol. The lowest BCUT2D eigenvalue weighted by molar-refractivity contribution is -0.146. The third kappa shape index (κ3) is 22.1. The van der Waals surface area contributed by atoms with Crippen LogP contribution >= 0.6 is 0 Å². The molecule has 0 unspecified atom stereocenters. The third-order valence-electron chi connectivity index (χ3n) is 6.29. The Bertz CT molecular complexity index is 1480. The summed E-state index contributed by atoms with van der Waals surface area (Å²) < 4.78 is 20.4. The van der Waals surface area contributed by atoms with Gasteiger partial charge in [0.15, 0.2) is 0 Å². The zero-order valence-corrected chi connectivity index (χ0v) is 30.6. The molecule has 0 spiro atoms. The van der Waals surface area contributed by atoms with Crippen LogP contribution in [0.2, 0.25) is 0 Å². The van der Waals surface area contributed by atoms with Crippen molar-refractivity contribution in [3.05, 3.63) is 71.8 Å². The van der Waals surface area contributed by atoms with E-state index in [9.17, 15) is 28.8 Å². The van der Waals surface area contributed by atoms with Gasteiger partial charge in [-0.25, -0.2) is 14.4 Å². The monoisotopic (exact) mass is 726 g/mol. The van der Waals surface area contributed by atoms with Crippen LogP contribution in [0.15, 0.2) is 60.7 Å². The summed E-state index contributed by atoms with van der Waals surface area (Å²) in [4.78, 5) is 70.7. The first kappa shape index (κ1) is 44.4. The van der Waals surface area contributed by atoms with E-state index >= 15 is 0 Å². The van der Waals surface area contributed by atoms with Crippen molar-refractivity contribution in [2.24, 2.45) is 0 Å². The smallest absolute Gasteiger partial charge is 0.408 e. The topological polar surface area (TPSA) is 219 Å². The number of carbonyl (C=O) groups is 6. The van der Waals surface area contributed by atoms with E-state index in [1.165, 1.54) is 0 Å². The minimum Gasteiger partial charge on any atom is -0.480 e. The number of esters is 2. The Kier molecular flexibility index (Phi) is 19.6. The van der Waals surface area contributed by atoms with Crippen molar-refractivity contribution in [2.45, 2.75) is 110 Å². The Labute approximate surface area is 304 Å². The van der Waals surface area contributed by atoms with Gasteiger partial charge in [-0.2, -0.15) is 5.26 Å². The van der Waals surface area contributed by atoms with Crippen LogP contribution in [0.1, 0.15) is 84.8 Å². The molecule has 0 aliphatic carbocycles. The van der Waals surface area contributed by atoms with Crippen molar-refractivity contribution in [1.82, 2.24) is 16.0 Å². The molecule has 0 fully saturated rings. The van der Waals surface area contributed by atoms with Gasteiger partial charge in [-0.15, -0.1) is 0 Å². The highest BCUT2D eigenvalue weighted by Gasteiger charge is 2.26. The summed E-state index contributed by atoms with van der Waals surface area (Å²) in [6.07, 6.45) is -1.67. The first-order valence-electron chi connectivity index (χ1n) is 16.6. The predicted octanol–water partition coefficient (Wildman–Crippen LogP) is 4.92. The SMILES string of the molecule is CC(C)(C)OC(=O)N[C@@H](CCC(=O)OCc1ccccc1)C(=O)NCCC#N.CC(C)(C)OC(=O)N[C@@H](CCC(=O)OCc1ccccc1)C(=O)O. The molecule has 4 N–H and O–H groups in total. The molecule has 0 radical (unpaired) electrons. The van der Waals surface area contributed by atoms with Gasteiger partial charge in [0.1, 0.15) is 36.5 Å². The lowest BCUT2D eigenvalue weighted by Crippen LogP contribution is -2.48. The maximum Gasteiger partial charge on any atom is 0.408 e. The number of benzene rings is 2. The van der Waals surface area contributed by atoms with Crippen LogP contribution in [0.25, 0.3) is 0 Å². The van der Waals surface area contributed by atoms with Crippen molar-refractivity contribution in [3.8, 4) is 6.07 Å². The van der Waals surface area contributed by atoms with E-state index in [0.29, 0.717) is 0 Å². The van der Waals surface area contributed by atoms with Crippen molar-refractivity contribution in [2.75, 3.05) is 6.54 Å². The minimum absolute atomic E-state index is 0.0469. The van der Waals surface area contributed by atoms with Crippen molar-refractivity contribution in [1.29, 1.82) is 5.26 Å². The number of aliphatic carboxylic acids is 1. The number of carboxylic acid groups (broad SMARTS) is 1. The minimum atomic E-state index is -1.24. The highest BCUT2D eigenvalue weighted by molar-refractivity contribution is 5.86. The lowest BCUT2D eigenvalue weighted by Gasteiger charge is -2.23. The molecule has 0 aliphatic heterocycles. The molecule has 3 amide bonds. The fourth-order valence-electron chi connectivity index (χ4n) is 3.94. The van der Waals surface area contributed by atoms with E-state index in [-0.39, 0.29) is 51.9 Å². The molecule has 2 aromatic rings. The van der Waals surface area contributed by atoms with Gasteiger partial charge in [0.25, 0.3) is 0 Å². The maximum atomic E-state index is 12.3. The number of hydrogen-bond acceptors (Lipinski definition) is 11. The molecule has 52 heavy (non-hydrogen) atoms. The zero-order chi connectivity index (χ0) is 39.2. The summed E-state index contributed by atoms with van der Waals surface area (Å²) >= 11 is 0. The number of rotatable bonds is 16. The Balaban J connectivity index is 0.000000526. The Morgan fingerprint density at radius 1 is 0.692 bits per heavy atom. The quantitative estimate of drug-likeness (QED) is 0.103. The average Bonchev–Trinajstić information content (AvgIpc) is 3.06. The van der Waals surface area contributed by atoms with E-state index in [1.54, 1.807) is 41.5 Å². The zero-order valence-electron chi connectivity index (χ0n) is 30.6. The second-order valence-electron chi connectivity index (χ2n) is 13.3. The van der Waals surface area contributed by atoms with E-state index < -0.39 is 59.3 Å². The van der Waals surface area contributed by atoms with Crippen LogP contribution in [0.5, 0.6) is 0 Å². The molecule has 0 saturated carbocycles. The fourth-order valence-corrected chi connectivity index (χ4v) is 3.94. The molecule has 2 rings (SSSR count). The van der Waals surface area contributed by atoms with E-state index in [2.05, 4.69) is 16.0 Å². The summed E-state index contributed by atoms with van der Waals surface area (Å²) in [7, 11) is 0.